The molecule has 0 bridgehead atoms. The highest BCUT2D eigenvalue weighted by molar-refractivity contribution is 5.94. The summed E-state index contributed by atoms with van der Waals surface area (Å²) in [6, 6.07) is 14.7. The Morgan fingerprint density at radius 3 is 2.60 bits per heavy atom. The maximum atomic E-state index is 14.1. The van der Waals surface area contributed by atoms with Crippen LogP contribution in [0.2, 0.25) is 0 Å². The number of aromatic nitrogens is 1. The van der Waals surface area contributed by atoms with Crippen LogP contribution < -0.4 is 28.4 Å². The van der Waals surface area contributed by atoms with Gasteiger partial charge < -0.3 is 29.0 Å². The number of aryl methyl sites for hydroxylation is 1. The van der Waals surface area contributed by atoms with Gasteiger partial charge in [0.05, 0.1) is 26.7 Å². The Kier molecular flexibility index (Phi) is 9.35. The average Bonchev–Trinajstić information content (AvgIpc) is 3.62. The molecular weight excluding hydrogens is 550 g/mol. The Morgan fingerprint density at radius 1 is 1.09 bits per heavy atom. The number of amides is 1. The van der Waals surface area contributed by atoms with E-state index in [-0.39, 0.29) is 19.2 Å². The molecule has 0 radical (unpaired) electrons. The predicted octanol–water partition coefficient (Wildman–Crippen LogP) is 3.80. The second-order valence-electron chi connectivity index (χ2n) is 11.1. The number of carbonyl (C=O) groups excluding carboxylic acids is 1. The number of anilines is 1. The van der Waals surface area contributed by atoms with Gasteiger partial charge in [-0.05, 0) is 48.2 Å². The third-order valence-electron chi connectivity index (χ3n) is 8.37. The number of unbranched alkanes of at least 4 members (excludes halogenated alkanes) is 1. The molecule has 0 saturated carbocycles. The van der Waals surface area contributed by atoms with E-state index in [2.05, 4.69) is 6.92 Å². The van der Waals surface area contributed by atoms with E-state index in [0.29, 0.717) is 42.5 Å². The Balaban J connectivity index is 1.53. The van der Waals surface area contributed by atoms with E-state index in [1.54, 1.807) is 14.2 Å². The molecule has 0 spiro atoms. The Hall–Kier alpha value is -4.31. The number of fused-ring (bicyclic) bond motifs is 1. The third kappa shape index (κ3) is 6.39. The van der Waals surface area contributed by atoms with Gasteiger partial charge in [0.25, 0.3) is 0 Å². The number of pyridine rings is 1. The highest BCUT2D eigenvalue weighted by Crippen LogP contribution is 2.47. The molecule has 2 aromatic carbocycles. The minimum absolute atomic E-state index is 0.0715. The summed E-state index contributed by atoms with van der Waals surface area (Å²) in [7, 11) is 5.09. The van der Waals surface area contributed by atoms with Crippen LogP contribution in [-0.2, 0) is 23.1 Å². The van der Waals surface area contributed by atoms with Crippen LogP contribution in [0.5, 0.6) is 23.0 Å². The molecule has 0 unspecified atom stereocenters. The highest BCUT2D eigenvalue weighted by atomic mass is 16.7. The van der Waals surface area contributed by atoms with Crippen LogP contribution in [-0.4, -0.2) is 68.6 Å². The fraction of sp³-hybridized carbons (Fsp3) is 0.424. The van der Waals surface area contributed by atoms with Gasteiger partial charge in [-0.1, -0.05) is 31.5 Å². The molecule has 5 rings (SSSR count). The van der Waals surface area contributed by atoms with E-state index >= 15 is 0 Å². The predicted molar refractivity (Wildman–Crippen MR) is 160 cm³/mol. The van der Waals surface area contributed by atoms with E-state index in [1.807, 2.05) is 82.3 Å². The van der Waals surface area contributed by atoms with Crippen LogP contribution in [0.3, 0.4) is 0 Å². The van der Waals surface area contributed by atoms with Gasteiger partial charge in [0.1, 0.15) is 18.5 Å². The van der Waals surface area contributed by atoms with Crippen LogP contribution in [0, 0.1) is 5.92 Å². The number of hydrogen-bond acceptors (Lipinski definition) is 7. The largest absolute Gasteiger partial charge is 0.496 e. The van der Waals surface area contributed by atoms with Gasteiger partial charge in [-0.25, -0.2) is 4.57 Å². The van der Waals surface area contributed by atoms with Crippen LogP contribution >= 0.6 is 0 Å². The van der Waals surface area contributed by atoms with Crippen molar-refractivity contribution >= 4 is 17.6 Å². The average molecular weight is 591 g/mol. The standard InChI is InChI=1S/C33H39N3O7/c1-5-6-14-36(24-11-9-13-34(2)18-24)30(37)20-35-19-25(23-16-28(41-4)32-29(17-23)42-21-43-32)31(33(38)39)26(35)15-22-10-7-8-12-27(22)40-3/h7-13,16-18,25-26,31H,5-6,14-15,19-21H2,1-4H3/p+1/t25-,26+,31-/m1/s1. The maximum Gasteiger partial charge on any atom is 0.308 e. The number of likely N-dealkylation sites (tertiary alicyclic amines) is 1. The number of methoxy groups -OCH3 is 2. The first-order chi connectivity index (χ1) is 20.8. The first-order valence-corrected chi connectivity index (χ1v) is 14.7. The highest BCUT2D eigenvalue weighted by Gasteiger charge is 2.48. The quantitative estimate of drug-likeness (QED) is 0.318. The lowest BCUT2D eigenvalue weighted by atomic mass is 9.83. The zero-order valence-corrected chi connectivity index (χ0v) is 25.2. The second-order valence-corrected chi connectivity index (χ2v) is 11.1. The van der Waals surface area contributed by atoms with Crippen molar-refractivity contribution in [2.75, 3.05) is 45.5 Å². The summed E-state index contributed by atoms with van der Waals surface area (Å²) in [6.45, 7) is 3.19. The van der Waals surface area contributed by atoms with Crippen molar-refractivity contribution in [2.24, 2.45) is 13.0 Å². The molecule has 2 aliphatic heterocycles. The molecule has 1 amide bonds. The van der Waals surface area contributed by atoms with Crippen molar-refractivity contribution in [3.05, 3.63) is 72.1 Å². The van der Waals surface area contributed by atoms with E-state index in [1.165, 1.54) is 0 Å². The Labute approximate surface area is 252 Å². The summed E-state index contributed by atoms with van der Waals surface area (Å²) < 4.78 is 24.4. The summed E-state index contributed by atoms with van der Waals surface area (Å²) in [6.07, 6.45) is 6.06. The topological polar surface area (TPSA) is 102 Å². The summed E-state index contributed by atoms with van der Waals surface area (Å²) in [5.74, 6) is -0.00558. The van der Waals surface area contributed by atoms with Crippen molar-refractivity contribution in [3.8, 4) is 23.0 Å². The molecule has 0 aliphatic carbocycles. The van der Waals surface area contributed by atoms with Gasteiger partial charge in [0.2, 0.25) is 18.4 Å². The van der Waals surface area contributed by atoms with Crippen LogP contribution in [0.1, 0.15) is 36.8 Å². The van der Waals surface area contributed by atoms with Crippen molar-refractivity contribution < 1.29 is 38.2 Å². The number of ether oxygens (including phenoxy) is 4. The fourth-order valence-corrected chi connectivity index (χ4v) is 6.25. The molecule has 3 heterocycles. The monoisotopic (exact) mass is 590 g/mol. The molecule has 43 heavy (non-hydrogen) atoms. The lowest BCUT2D eigenvalue weighted by Crippen LogP contribution is -2.46. The smallest absolute Gasteiger partial charge is 0.308 e. The van der Waals surface area contributed by atoms with Crippen molar-refractivity contribution in [1.29, 1.82) is 0 Å². The Morgan fingerprint density at radius 2 is 1.88 bits per heavy atom. The number of benzene rings is 2. The first-order valence-electron chi connectivity index (χ1n) is 14.7. The normalized spacial score (nSPS) is 19.3. The number of nitrogens with zero attached hydrogens (tertiary/aromatic N) is 3. The van der Waals surface area contributed by atoms with Gasteiger partial charge in [-0.15, -0.1) is 0 Å². The number of carbonyl (C=O) groups is 2. The van der Waals surface area contributed by atoms with Gasteiger partial charge in [-0.2, -0.15) is 0 Å². The van der Waals surface area contributed by atoms with Gasteiger partial charge in [-0.3, -0.25) is 14.5 Å². The molecule has 1 aromatic heterocycles. The lowest BCUT2D eigenvalue weighted by molar-refractivity contribution is -0.670. The Bertz CT molecular complexity index is 1460. The molecule has 1 saturated heterocycles. The van der Waals surface area contributed by atoms with Gasteiger partial charge >= 0.3 is 5.97 Å². The van der Waals surface area contributed by atoms with Crippen LogP contribution in [0.25, 0.3) is 0 Å². The molecule has 1 N–H and O–H groups in total. The lowest BCUT2D eigenvalue weighted by Gasteiger charge is -2.29. The number of hydrogen-bond donors (Lipinski definition) is 1. The van der Waals surface area contributed by atoms with E-state index in [0.717, 1.165) is 29.7 Å². The zero-order chi connectivity index (χ0) is 30.5. The number of rotatable bonds is 12. The zero-order valence-electron chi connectivity index (χ0n) is 25.2. The van der Waals surface area contributed by atoms with Crippen LogP contribution in [0.4, 0.5) is 5.69 Å². The number of carboxylic acid groups (broad SMARTS) is 1. The second kappa shape index (κ2) is 13.3. The van der Waals surface area contributed by atoms with Crippen molar-refractivity contribution in [3.63, 3.8) is 0 Å². The SMILES string of the molecule is CCCCN(C(=O)CN1C[C@H](c2cc(OC)c3c(c2)OCO3)[C@@H](C(=O)O)[C@@H]1Cc1ccccc1OC)c1ccc[n+](C)c1. The van der Waals surface area contributed by atoms with E-state index in [9.17, 15) is 14.7 Å². The minimum Gasteiger partial charge on any atom is -0.496 e. The molecule has 10 heteroatoms. The number of aliphatic carboxylic acids is 1. The molecule has 2 aliphatic rings. The summed E-state index contributed by atoms with van der Waals surface area (Å²) in [4.78, 5) is 30.9. The molecule has 228 valence electrons. The summed E-state index contributed by atoms with van der Waals surface area (Å²) in [5.41, 5.74) is 2.47. The first kappa shape index (κ1) is 30.2. The third-order valence-corrected chi connectivity index (χ3v) is 8.37. The maximum absolute atomic E-state index is 14.1. The minimum atomic E-state index is -0.922. The summed E-state index contributed by atoms with van der Waals surface area (Å²) >= 11 is 0. The van der Waals surface area contributed by atoms with Gasteiger partial charge in [0, 0.05) is 31.1 Å². The van der Waals surface area contributed by atoms with E-state index in [4.69, 9.17) is 18.9 Å². The molecule has 1 fully saturated rings. The van der Waals surface area contributed by atoms with E-state index < -0.39 is 23.8 Å². The van der Waals surface area contributed by atoms with Crippen molar-refractivity contribution in [2.45, 2.75) is 38.1 Å². The summed E-state index contributed by atoms with van der Waals surface area (Å²) in [5, 5.41) is 10.7. The number of carboxylic acids is 1. The molecular formula is C33H40N3O7+. The number of para-hydroxylation sites is 1. The molecule has 10 nitrogen and oxygen atoms in total. The van der Waals surface area contributed by atoms with Gasteiger partial charge in [0.15, 0.2) is 23.9 Å². The fourth-order valence-electron chi connectivity index (χ4n) is 6.25. The van der Waals surface area contributed by atoms with Crippen LogP contribution in [0.15, 0.2) is 60.9 Å². The van der Waals surface area contributed by atoms with Crippen molar-refractivity contribution in [1.82, 2.24) is 4.90 Å². The molecule has 3 atom stereocenters. The molecule has 3 aromatic rings.